The largest absolute Gasteiger partial charge is 0.462 e. The fourth-order valence-corrected chi connectivity index (χ4v) is 2.63. The van der Waals surface area contributed by atoms with Crippen molar-refractivity contribution in [2.45, 2.75) is 20.8 Å². The average molecular weight is 322 g/mol. The molecule has 100 valence electrons. The Morgan fingerprint density at radius 2 is 1.84 bits per heavy atom. The zero-order valence-corrected chi connectivity index (χ0v) is 12.8. The van der Waals surface area contributed by atoms with Gasteiger partial charge in [0.25, 0.3) is 0 Å². The molecule has 0 saturated heterocycles. The van der Waals surface area contributed by atoms with Crippen molar-refractivity contribution in [3.8, 4) is 5.69 Å². The van der Waals surface area contributed by atoms with Crippen molar-refractivity contribution in [1.82, 2.24) is 4.57 Å². The molecule has 4 heteroatoms. The van der Waals surface area contributed by atoms with Crippen molar-refractivity contribution in [3.05, 3.63) is 51.8 Å². The molecule has 1 heterocycles. The number of esters is 1. The maximum absolute atomic E-state index is 11.7. The zero-order valence-electron chi connectivity index (χ0n) is 11.2. The van der Waals surface area contributed by atoms with Crippen LogP contribution in [0.25, 0.3) is 5.69 Å². The Kier molecular flexibility index (Phi) is 4.10. The molecule has 1 aromatic heterocycles. The number of hydrogen-bond donors (Lipinski definition) is 0. The van der Waals surface area contributed by atoms with Crippen molar-refractivity contribution >= 4 is 21.9 Å². The molecule has 0 aliphatic rings. The van der Waals surface area contributed by atoms with Gasteiger partial charge in [0, 0.05) is 15.9 Å². The fraction of sp³-hybridized carbons (Fsp3) is 0.267. The van der Waals surface area contributed by atoms with Gasteiger partial charge in [-0.1, -0.05) is 0 Å². The SMILES string of the molecule is CCOC(=O)c1ccc(-n2c(C)ccc2C)c(Br)c1. The Morgan fingerprint density at radius 1 is 1.21 bits per heavy atom. The number of carbonyl (C=O) groups excluding carboxylic acids is 1. The molecule has 0 aliphatic carbocycles. The zero-order chi connectivity index (χ0) is 14.0. The van der Waals surface area contributed by atoms with Gasteiger partial charge in [-0.2, -0.15) is 0 Å². The predicted octanol–water partition coefficient (Wildman–Crippen LogP) is 4.03. The van der Waals surface area contributed by atoms with E-state index in [1.54, 1.807) is 19.1 Å². The molecular weight excluding hydrogens is 306 g/mol. The summed E-state index contributed by atoms with van der Waals surface area (Å²) in [4.78, 5) is 11.7. The first-order valence-corrected chi connectivity index (χ1v) is 6.96. The second kappa shape index (κ2) is 5.61. The minimum atomic E-state index is -0.296. The maximum Gasteiger partial charge on any atom is 0.338 e. The minimum Gasteiger partial charge on any atom is -0.462 e. The number of benzene rings is 1. The van der Waals surface area contributed by atoms with E-state index in [1.807, 2.05) is 6.07 Å². The molecule has 0 unspecified atom stereocenters. The van der Waals surface area contributed by atoms with Crippen LogP contribution in [0.15, 0.2) is 34.8 Å². The van der Waals surface area contributed by atoms with Crippen LogP contribution in [0.5, 0.6) is 0 Å². The second-order valence-corrected chi connectivity index (χ2v) is 5.19. The van der Waals surface area contributed by atoms with Crippen LogP contribution in [0.3, 0.4) is 0 Å². The smallest absolute Gasteiger partial charge is 0.338 e. The van der Waals surface area contributed by atoms with Gasteiger partial charge in [0.2, 0.25) is 0 Å². The summed E-state index contributed by atoms with van der Waals surface area (Å²) < 4.78 is 8.01. The first-order chi connectivity index (χ1) is 9.04. The van der Waals surface area contributed by atoms with Gasteiger partial charge in [0.05, 0.1) is 17.9 Å². The molecule has 0 fully saturated rings. The quantitative estimate of drug-likeness (QED) is 0.799. The molecule has 2 rings (SSSR count). The van der Waals surface area contributed by atoms with Gasteiger partial charge in [-0.25, -0.2) is 4.79 Å². The van der Waals surface area contributed by atoms with Crippen LogP contribution in [0.4, 0.5) is 0 Å². The molecule has 19 heavy (non-hydrogen) atoms. The molecule has 0 saturated carbocycles. The highest BCUT2D eigenvalue weighted by Gasteiger charge is 2.12. The molecule has 0 N–H and O–H groups in total. The van der Waals surface area contributed by atoms with Gasteiger partial charge in [-0.3, -0.25) is 0 Å². The lowest BCUT2D eigenvalue weighted by Crippen LogP contribution is -2.06. The van der Waals surface area contributed by atoms with E-state index < -0.39 is 0 Å². The third kappa shape index (κ3) is 2.73. The van der Waals surface area contributed by atoms with E-state index in [0.717, 1.165) is 21.5 Å². The lowest BCUT2D eigenvalue weighted by Gasteiger charge is -2.12. The highest BCUT2D eigenvalue weighted by atomic mass is 79.9. The van der Waals surface area contributed by atoms with Crippen molar-refractivity contribution in [1.29, 1.82) is 0 Å². The summed E-state index contributed by atoms with van der Waals surface area (Å²) in [7, 11) is 0. The van der Waals surface area contributed by atoms with Crippen LogP contribution >= 0.6 is 15.9 Å². The average Bonchev–Trinajstić information content (AvgIpc) is 2.70. The van der Waals surface area contributed by atoms with Crippen LogP contribution in [0, 0.1) is 13.8 Å². The minimum absolute atomic E-state index is 0.296. The Bertz CT molecular complexity index is 597. The van der Waals surface area contributed by atoms with Crippen LogP contribution in [0.1, 0.15) is 28.7 Å². The van der Waals surface area contributed by atoms with Gasteiger partial charge in [-0.05, 0) is 67.0 Å². The summed E-state index contributed by atoms with van der Waals surface area (Å²) >= 11 is 3.53. The summed E-state index contributed by atoms with van der Waals surface area (Å²) in [5.74, 6) is -0.296. The molecule has 0 bridgehead atoms. The Hall–Kier alpha value is -1.55. The Balaban J connectivity index is 2.43. The van der Waals surface area contributed by atoms with Crippen LogP contribution in [0.2, 0.25) is 0 Å². The van der Waals surface area contributed by atoms with E-state index in [4.69, 9.17) is 4.74 Å². The van der Waals surface area contributed by atoms with Crippen molar-refractivity contribution in [2.75, 3.05) is 6.61 Å². The number of ether oxygens (including phenoxy) is 1. The van der Waals surface area contributed by atoms with Gasteiger partial charge in [0.1, 0.15) is 0 Å². The van der Waals surface area contributed by atoms with E-state index >= 15 is 0 Å². The van der Waals surface area contributed by atoms with Gasteiger partial charge in [-0.15, -0.1) is 0 Å². The fourth-order valence-electron chi connectivity index (χ4n) is 2.08. The van der Waals surface area contributed by atoms with Crippen LogP contribution < -0.4 is 0 Å². The summed E-state index contributed by atoms with van der Waals surface area (Å²) in [6.45, 7) is 6.29. The van der Waals surface area contributed by atoms with Crippen LogP contribution in [-0.2, 0) is 4.74 Å². The van der Waals surface area contributed by atoms with Crippen molar-refractivity contribution in [2.24, 2.45) is 0 Å². The molecule has 0 spiro atoms. The van der Waals surface area contributed by atoms with E-state index in [-0.39, 0.29) is 5.97 Å². The summed E-state index contributed by atoms with van der Waals surface area (Å²) in [5, 5.41) is 0. The highest BCUT2D eigenvalue weighted by Crippen LogP contribution is 2.26. The number of aryl methyl sites for hydroxylation is 2. The van der Waals surface area contributed by atoms with E-state index in [1.165, 1.54) is 0 Å². The molecule has 0 atom stereocenters. The number of hydrogen-bond acceptors (Lipinski definition) is 2. The molecule has 0 amide bonds. The summed E-state index contributed by atoms with van der Waals surface area (Å²) in [5.41, 5.74) is 3.89. The molecular formula is C15H16BrNO2. The van der Waals surface area contributed by atoms with E-state index in [2.05, 4.69) is 46.5 Å². The molecule has 0 radical (unpaired) electrons. The first-order valence-electron chi connectivity index (χ1n) is 6.16. The standard InChI is InChI=1S/C15H16BrNO2/c1-4-19-15(18)12-7-8-14(13(16)9-12)17-10(2)5-6-11(17)3/h5-9H,4H2,1-3H3. The first kappa shape index (κ1) is 13.9. The maximum atomic E-state index is 11.7. The molecule has 2 aromatic rings. The Labute approximate surface area is 121 Å². The predicted molar refractivity (Wildman–Crippen MR) is 78.9 cm³/mol. The Morgan fingerprint density at radius 3 is 2.37 bits per heavy atom. The third-order valence-corrected chi connectivity index (χ3v) is 3.61. The lowest BCUT2D eigenvalue weighted by molar-refractivity contribution is 0.0526. The van der Waals surface area contributed by atoms with Crippen LogP contribution in [-0.4, -0.2) is 17.1 Å². The van der Waals surface area contributed by atoms with Gasteiger partial charge < -0.3 is 9.30 Å². The second-order valence-electron chi connectivity index (χ2n) is 4.34. The molecule has 1 aromatic carbocycles. The number of halogens is 1. The van der Waals surface area contributed by atoms with E-state index in [9.17, 15) is 4.79 Å². The topological polar surface area (TPSA) is 31.2 Å². The van der Waals surface area contributed by atoms with Crippen molar-refractivity contribution in [3.63, 3.8) is 0 Å². The highest BCUT2D eigenvalue weighted by molar-refractivity contribution is 9.10. The van der Waals surface area contributed by atoms with Gasteiger partial charge >= 0.3 is 5.97 Å². The monoisotopic (exact) mass is 321 g/mol. The summed E-state index contributed by atoms with van der Waals surface area (Å²) in [6, 6.07) is 9.65. The number of carbonyl (C=O) groups is 1. The number of aromatic nitrogens is 1. The normalized spacial score (nSPS) is 10.5. The molecule has 3 nitrogen and oxygen atoms in total. The molecule has 0 aliphatic heterocycles. The van der Waals surface area contributed by atoms with E-state index in [0.29, 0.717) is 12.2 Å². The lowest BCUT2D eigenvalue weighted by atomic mass is 10.2. The number of nitrogens with zero attached hydrogens (tertiary/aromatic N) is 1. The number of rotatable bonds is 3. The summed E-state index contributed by atoms with van der Waals surface area (Å²) in [6.07, 6.45) is 0. The van der Waals surface area contributed by atoms with Crippen molar-refractivity contribution < 1.29 is 9.53 Å². The van der Waals surface area contributed by atoms with Gasteiger partial charge in [0.15, 0.2) is 0 Å². The third-order valence-electron chi connectivity index (χ3n) is 2.97.